The van der Waals surface area contributed by atoms with Gasteiger partial charge in [0.2, 0.25) is 0 Å². The number of imide groups is 1. The molecule has 3 amide bonds. The third kappa shape index (κ3) is 4.20. The number of hydrogen-bond acceptors (Lipinski definition) is 3. The van der Waals surface area contributed by atoms with Gasteiger partial charge in [-0.05, 0) is 28.0 Å². The summed E-state index contributed by atoms with van der Waals surface area (Å²) in [5, 5.41) is 4.90. The first-order valence-corrected chi connectivity index (χ1v) is 11.3. The summed E-state index contributed by atoms with van der Waals surface area (Å²) in [6.45, 7) is -0.297. The first kappa shape index (κ1) is 21.6. The lowest BCUT2D eigenvalue weighted by Gasteiger charge is -2.27. The average molecular weight is 449 g/mol. The standard InChI is InChI=1S/C29H24N2O3/c32-26(25-16-15-23-13-7-8-14-24(23)17-25)20-31-27(33)29(30-28(31)34,18-21-9-3-1-4-10-21)19-22-11-5-2-6-12-22/h1-17H,18-20H2,(H,30,34). The van der Waals surface area contributed by atoms with Gasteiger partial charge in [-0.2, -0.15) is 0 Å². The van der Waals surface area contributed by atoms with Crippen molar-refractivity contribution >= 4 is 28.5 Å². The fourth-order valence-electron chi connectivity index (χ4n) is 4.61. The summed E-state index contributed by atoms with van der Waals surface area (Å²) in [7, 11) is 0. The molecule has 1 aliphatic rings. The normalized spacial score (nSPS) is 14.9. The summed E-state index contributed by atoms with van der Waals surface area (Å²) in [6, 6.07) is 31.9. The van der Waals surface area contributed by atoms with E-state index in [4.69, 9.17) is 0 Å². The minimum Gasteiger partial charge on any atom is -0.322 e. The molecule has 4 aromatic carbocycles. The van der Waals surface area contributed by atoms with Crippen molar-refractivity contribution in [3.8, 4) is 0 Å². The van der Waals surface area contributed by atoms with Crippen LogP contribution in [0.2, 0.25) is 0 Å². The summed E-state index contributed by atoms with van der Waals surface area (Å²) in [6.07, 6.45) is 0.682. The molecule has 0 unspecified atom stereocenters. The van der Waals surface area contributed by atoms with Crippen molar-refractivity contribution in [1.82, 2.24) is 10.2 Å². The molecule has 0 aromatic heterocycles. The Labute approximate surface area is 198 Å². The van der Waals surface area contributed by atoms with Crippen LogP contribution < -0.4 is 5.32 Å². The van der Waals surface area contributed by atoms with Crippen LogP contribution in [-0.4, -0.2) is 34.7 Å². The van der Waals surface area contributed by atoms with Crippen molar-refractivity contribution in [3.05, 3.63) is 120 Å². The van der Waals surface area contributed by atoms with Gasteiger partial charge in [0.25, 0.3) is 5.91 Å². The van der Waals surface area contributed by atoms with Crippen LogP contribution in [0, 0.1) is 0 Å². The second-order valence-corrected chi connectivity index (χ2v) is 8.71. The number of Topliss-reactive ketones (excluding diaryl/α,β-unsaturated/α-hetero) is 1. The molecule has 1 heterocycles. The molecule has 0 spiro atoms. The lowest BCUT2D eigenvalue weighted by molar-refractivity contribution is -0.131. The van der Waals surface area contributed by atoms with Gasteiger partial charge in [-0.15, -0.1) is 0 Å². The Bertz CT molecular complexity index is 1320. The topological polar surface area (TPSA) is 66.5 Å². The van der Waals surface area contributed by atoms with E-state index in [-0.39, 0.29) is 18.2 Å². The van der Waals surface area contributed by atoms with E-state index in [1.54, 1.807) is 12.1 Å². The molecule has 1 saturated heterocycles. The van der Waals surface area contributed by atoms with Gasteiger partial charge in [-0.3, -0.25) is 14.5 Å². The molecule has 5 heteroatoms. The Morgan fingerprint density at radius 2 is 1.26 bits per heavy atom. The number of amides is 3. The molecule has 0 bridgehead atoms. The highest BCUT2D eigenvalue weighted by molar-refractivity contribution is 6.12. The van der Waals surface area contributed by atoms with Crippen molar-refractivity contribution < 1.29 is 14.4 Å². The minimum atomic E-state index is -1.15. The number of urea groups is 1. The number of nitrogens with zero attached hydrogens (tertiary/aromatic N) is 1. The highest BCUT2D eigenvalue weighted by Gasteiger charge is 2.51. The number of benzene rings is 4. The van der Waals surface area contributed by atoms with E-state index in [0.29, 0.717) is 18.4 Å². The molecule has 4 aromatic rings. The number of fused-ring (bicyclic) bond motifs is 1. The first-order valence-electron chi connectivity index (χ1n) is 11.3. The minimum absolute atomic E-state index is 0.274. The lowest BCUT2D eigenvalue weighted by atomic mass is 9.84. The quantitative estimate of drug-likeness (QED) is 0.326. The maximum absolute atomic E-state index is 13.7. The summed E-state index contributed by atoms with van der Waals surface area (Å²) in [4.78, 5) is 40.9. The number of carbonyl (C=O) groups is 3. The van der Waals surface area contributed by atoms with Crippen LogP contribution >= 0.6 is 0 Å². The van der Waals surface area contributed by atoms with Crippen LogP contribution in [0.25, 0.3) is 10.8 Å². The molecule has 0 atom stereocenters. The van der Waals surface area contributed by atoms with Crippen LogP contribution in [0.1, 0.15) is 21.5 Å². The molecule has 0 radical (unpaired) electrons. The largest absolute Gasteiger partial charge is 0.325 e. The van der Waals surface area contributed by atoms with E-state index in [9.17, 15) is 14.4 Å². The third-order valence-electron chi connectivity index (χ3n) is 6.32. The van der Waals surface area contributed by atoms with Gasteiger partial charge in [0.1, 0.15) is 5.54 Å². The molecule has 5 rings (SSSR count). The van der Waals surface area contributed by atoms with Crippen molar-refractivity contribution in [1.29, 1.82) is 0 Å². The second kappa shape index (κ2) is 8.94. The molecular formula is C29H24N2O3. The molecule has 5 nitrogen and oxygen atoms in total. The van der Waals surface area contributed by atoms with Crippen LogP contribution in [0.5, 0.6) is 0 Å². The predicted molar refractivity (Wildman–Crippen MR) is 132 cm³/mol. The second-order valence-electron chi connectivity index (χ2n) is 8.71. The maximum Gasteiger partial charge on any atom is 0.325 e. The van der Waals surface area contributed by atoms with Crippen molar-refractivity contribution in [3.63, 3.8) is 0 Å². The summed E-state index contributed by atoms with van der Waals surface area (Å²) >= 11 is 0. The van der Waals surface area contributed by atoms with Crippen LogP contribution in [0.15, 0.2) is 103 Å². The fraction of sp³-hybridized carbons (Fsp3) is 0.138. The van der Waals surface area contributed by atoms with E-state index in [2.05, 4.69) is 5.32 Å². The van der Waals surface area contributed by atoms with Crippen LogP contribution in [-0.2, 0) is 17.6 Å². The Balaban J connectivity index is 1.43. The fourth-order valence-corrected chi connectivity index (χ4v) is 4.61. The van der Waals surface area contributed by atoms with Gasteiger partial charge < -0.3 is 5.32 Å². The van der Waals surface area contributed by atoms with Crippen LogP contribution in [0.3, 0.4) is 0 Å². The zero-order valence-corrected chi connectivity index (χ0v) is 18.6. The molecular weight excluding hydrogens is 424 g/mol. The number of rotatable bonds is 7. The third-order valence-corrected chi connectivity index (χ3v) is 6.32. The van der Waals surface area contributed by atoms with E-state index >= 15 is 0 Å². The van der Waals surface area contributed by atoms with Gasteiger partial charge in [-0.25, -0.2) is 4.79 Å². The highest BCUT2D eigenvalue weighted by Crippen LogP contribution is 2.28. The Hall–Kier alpha value is -4.25. The van der Waals surface area contributed by atoms with Gasteiger partial charge in [0.05, 0.1) is 6.54 Å². The SMILES string of the molecule is O=C(CN1C(=O)NC(Cc2ccccc2)(Cc2ccccc2)C1=O)c1ccc2ccccc2c1. The first-order chi connectivity index (χ1) is 16.5. The highest BCUT2D eigenvalue weighted by atomic mass is 16.2. The molecule has 168 valence electrons. The smallest absolute Gasteiger partial charge is 0.322 e. The molecule has 0 saturated carbocycles. The van der Waals surface area contributed by atoms with Gasteiger partial charge in [-0.1, -0.05) is 97.1 Å². The van der Waals surface area contributed by atoms with Crippen molar-refractivity contribution in [2.75, 3.05) is 6.54 Å². The Kier molecular flexibility index (Phi) is 5.68. The Morgan fingerprint density at radius 3 is 1.88 bits per heavy atom. The molecule has 1 N–H and O–H groups in total. The van der Waals surface area contributed by atoms with Gasteiger partial charge >= 0.3 is 6.03 Å². The number of carbonyl (C=O) groups excluding carboxylic acids is 3. The predicted octanol–water partition coefficient (Wildman–Crippen LogP) is 4.80. The summed E-state index contributed by atoms with van der Waals surface area (Å²) in [5.41, 5.74) is 1.20. The summed E-state index contributed by atoms with van der Waals surface area (Å²) < 4.78 is 0. The Morgan fingerprint density at radius 1 is 0.706 bits per heavy atom. The van der Waals surface area contributed by atoms with E-state index in [1.165, 1.54) is 0 Å². The van der Waals surface area contributed by atoms with E-state index in [1.807, 2.05) is 91.0 Å². The molecule has 1 fully saturated rings. The lowest BCUT2D eigenvalue weighted by Crippen LogP contribution is -2.51. The van der Waals surface area contributed by atoms with Crippen LogP contribution in [0.4, 0.5) is 4.79 Å². The monoisotopic (exact) mass is 448 g/mol. The average Bonchev–Trinajstić information content (AvgIpc) is 3.08. The maximum atomic E-state index is 13.7. The van der Waals surface area contributed by atoms with Gasteiger partial charge in [0, 0.05) is 18.4 Å². The zero-order valence-electron chi connectivity index (χ0n) is 18.6. The summed E-state index contributed by atoms with van der Waals surface area (Å²) in [5.74, 6) is -0.649. The molecule has 0 aliphatic carbocycles. The molecule has 1 aliphatic heterocycles. The van der Waals surface area contributed by atoms with Crippen molar-refractivity contribution in [2.24, 2.45) is 0 Å². The van der Waals surface area contributed by atoms with E-state index in [0.717, 1.165) is 26.8 Å². The number of hydrogen-bond donors (Lipinski definition) is 1. The molecule has 34 heavy (non-hydrogen) atoms. The van der Waals surface area contributed by atoms with E-state index < -0.39 is 11.6 Å². The van der Waals surface area contributed by atoms with Crippen molar-refractivity contribution in [2.45, 2.75) is 18.4 Å². The number of nitrogens with one attached hydrogen (secondary N) is 1. The number of ketones is 1. The zero-order chi connectivity index (χ0) is 23.5. The van der Waals surface area contributed by atoms with Gasteiger partial charge in [0.15, 0.2) is 5.78 Å².